The Bertz CT molecular complexity index is 960. The molecule has 3 rings (SSSR count). The first-order valence-electron chi connectivity index (χ1n) is 8.05. The van der Waals surface area contributed by atoms with Crippen LogP contribution < -0.4 is 5.32 Å². The van der Waals surface area contributed by atoms with Crippen molar-refractivity contribution in [3.63, 3.8) is 0 Å². The lowest BCUT2D eigenvalue weighted by Crippen LogP contribution is -2.25. The molecule has 0 saturated carbocycles. The zero-order chi connectivity index (χ0) is 18.0. The zero-order valence-electron chi connectivity index (χ0n) is 14.1. The second-order valence-electron chi connectivity index (χ2n) is 6.13. The van der Waals surface area contributed by atoms with Crippen LogP contribution in [-0.4, -0.2) is 22.4 Å². The van der Waals surface area contributed by atoms with Crippen LogP contribution in [0.2, 0.25) is 0 Å². The molecule has 0 saturated heterocycles. The number of nitrogens with zero attached hydrogens (tertiary/aromatic N) is 1. The van der Waals surface area contributed by atoms with E-state index in [1.54, 1.807) is 13.0 Å². The monoisotopic (exact) mass is 337 g/mol. The van der Waals surface area contributed by atoms with Crippen molar-refractivity contribution in [1.29, 1.82) is 0 Å². The van der Waals surface area contributed by atoms with Crippen LogP contribution >= 0.6 is 0 Å². The first-order valence-corrected chi connectivity index (χ1v) is 8.05. The van der Waals surface area contributed by atoms with Crippen molar-refractivity contribution in [3.05, 3.63) is 75.0 Å². The lowest BCUT2D eigenvalue weighted by atomic mass is 10.1. The van der Waals surface area contributed by atoms with Crippen LogP contribution in [0.25, 0.3) is 10.9 Å². The molecular formula is C19H19N3O3. The second-order valence-corrected chi connectivity index (χ2v) is 6.13. The van der Waals surface area contributed by atoms with Crippen LogP contribution in [0.5, 0.6) is 0 Å². The zero-order valence-corrected chi connectivity index (χ0v) is 14.1. The van der Waals surface area contributed by atoms with E-state index in [9.17, 15) is 14.9 Å². The van der Waals surface area contributed by atoms with Gasteiger partial charge in [0, 0.05) is 40.8 Å². The van der Waals surface area contributed by atoms with Gasteiger partial charge < -0.3 is 10.3 Å². The quantitative estimate of drug-likeness (QED) is 0.550. The van der Waals surface area contributed by atoms with Gasteiger partial charge in [-0.1, -0.05) is 11.6 Å². The normalized spacial score (nSPS) is 10.8. The minimum atomic E-state index is -0.448. The molecule has 0 unspecified atom stereocenters. The Hall–Kier alpha value is -3.15. The van der Waals surface area contributed by atoms with E-state index in [1.165, 1.54) is 23.1 Å². The lowest BCUT2D eigenvalue weighted by molar-refractivity contribution is -0.385. The third-order valence-electron chi connectivity index (χ3n) is 4.26. The summed E-state index contributed by atoms with van der Waals surface area (Å²) in [7, 11) is 0. The van der Waals surface area contributed by atoms with Crippen LogP contribution in [0.15, 0.2) is 42.6 Å². The van der Waals surface area contributed by atoms with E-state index < -0.39 is 4.92 Å². The molecule has 1 aromatic heterocycles. The Balaban J connectivity index is 1.65. The van der Waals surface area contributed by atoms with Gasteiger partial charge in [-0.05, 0) is 50.1 Å². The summed E-state index contributed by atoms with van der Waals surface area (Å²) in [6.07, 6.45) is 2.67. The smallest absolute Gasteiger partial charge is 0.272 e. The van der Waals surface area contributed by atoms with Crippen molar-refractivity contribution in [2.24, 2.45) is 0 Å². The van der Waals surface area contributed by atoms with Gasteiger partial charge in [-0.2, -0.15) is 0 Å². The molecule has 25 heavy (non-hydrogen) atoms. The van der Waals surface area contributed by atoms with Gasteiger partial charge in [-0.3, -0.25) is 14.9 Å². The van der Waals surface area contributed by atoms with Gasteiger partial charge in [0.1, 0.15) is 0 Å². The molecule has 2 N–H and O–H groups in total. The fourth-order valence-corrected chi connectivity index (χ4v) is 2.91. The molecule has 0 radical (unpaired) electrons. The number of rotatable bonds is 5. The van der Waals surface area contributed by atoms with Gasteiger partial charge in [0.25, 0.3) is 11.6 Å². The molecule has 0 fully saturated rings. The molecule has 6 nitrogen and oxygen atoms in total. The number of benzene rings is 2. The van der Waals surface area contributed by atoms with Gasteiger partial charge in [-0.25, -0.2) is 0 Å². The average Bonchev–Trinajstić information content (AvgIpc) is 2.96. The largest absolute Gasteiger partial charge is 0.361 e. The number of aromatic amines is 1. The van der Waals surface area contributed by atoms with Crippen LogP contribution in [0.3, 0.4) is 0 Å². The highest BCUT2D eigenvalue weighted by Gasteiger charge is 2.13. The van der Waals surface area contributed by atoms with Crippen LogP contribution in [0.4, 0.5) is 5.69 Å². The van der Waals surface area contributed by atoms with Crippen LogP contribution in [0.1, 0.15) is 27.0 Å². The number of nitro groups is 1. The van der Waals surface area contributed by atoms with Crippen molar-refractivity contribution in [1.82, 2.24) is 10.3 Å². The van der Waals surface area contributed by atoms with Crippen molar-refractivity contribution >= 4 is 22.5 Å². The maximum Gasteiger partial charge on any atom is 0.272 e. The number of carbonyl (C=O) groups is 1. The summed E-state index contributed by atoms with van der Waals surface area (Å²) in [5.41, 5.74) is 4.35. The fraction of sp³-hybridized carbons (Fsp3) is 0.211. The molecule has 128 valence electrons. The summed E-state index contributed by atoms with van der Waals surface area (Å²) >= 11 is 0. The van der Waals surface area contributed by atoms with Crippen LogP contribution in [-0.2, 0) is 6.42 Å². The Labute approximate surface area is 145 Å². The molecule has 0 spiro atoms. The fourth-order valence-electron chi connectivity index (χ4n) is 2.91. The number of H-pyrrole nitrogens is 1. The average molecular weight is 337 g/mol. The molecule has 1 heterocycles. The van der Waals surface area contributed by atoms with Crippen molar-refractivity contribution in [2.75, 3.05) is 6.54 Å². The first-order chi connectivity index (χ1) is 12.0. The molecule has 0 atom stereocenters. The van der Waals surface area contributed by atoms with E-state index in [4.69, 9.17) is 0 Å². The summed E-state index contributed by atoms with van der Waals surface area (Å²) in [6.45, 7) is 4.17. The number of aromatic nitrogens is 1. The maximum atomic E-state index is 12.2. The van der Waals surface area contributed by atoms with E-state index in [-0.39, 0.29) is 11.6 Å². The van der Waals surface area contributed by atoms with Crippen molar-refractivity contribution in [2.45, 2.75) is 20.3 Å². The van der Waals surface area contributed by atoms with Gasteiger partial charge in [0.05, 0.1) is 4.92 Å². The lowest BCUT2D eigenvalue weighted by Gasteiger charge is -2.06. The molecule has 0 bridgehead atoms. The molecule has 2 aromatic carbocycles. The predicted molar refractivity (Wildman–Crippen MR) is 96.9 cm³/mol. The van der Waals surface area contributed by atoms with Crippen molar-refractivity contribution in [3.8, 4) is 0 Å². The van der Waals surface area contributed by atoms with Gasteiger partial charge >= 0.3 is 0 Å². The summed E-state index contributed by atoms with van der Waals surface area (Å²) < 4.78 is 0. The highest BCUT2D eigenvalue weighted by molar-refractivity contribution is 5.94. The Morgan fingerprint density at radius 2 is 2.00 bits per heavy atom. The van der Waals surface area contributed by atoms with E-state index in [0.29, 0.717) is 24.1 Å². The Morgan fingerprint density at radius 3 is 2.72 bits per heavy atom. The van der Waals surface area contributed by atoms with Gasteiger partial charge in [-0.15, -0.1) is 0 Å². The molecule has 0 aliphatic heterocycles. The third-order valence-corrected chi connectivity index (χ3v) is 4.26. The van der Waals surface area contributed by atoms with Gasteiger partial charge in [0.2, 0.25) is 0 Å². The second kappa shape index (κ2) is 6.76. The highest BCUT2D eigenvalue weighted by Crippen LogP contribution is 2.20. The summed E-state index contributed by atoms with van der Waals surface area (Å²) in [5, 5.41) is 14.9. The molecule has 6 heteroatoms. The topological polar surface area (TPSA) is 88.0 Å². The maximum absolute atomic E-state index is 12.2. The van der Waals surface area contributed by atoms with E-state index in [2.05, 4.69) is 29.4 Å². The van der Waals surface area contributed by atoms with Crippen LogP contribution in [0, 0.1) is 24.0 Å². The standard InChI is InChI=1S/C19H19N3O3/c1-12-3-5-17-16(9-12)15(11-21-17)7-8-20-19(23)14-4-6-18(22(24)25)13(2)10-14/h3-6,9-11,21H,7-8H2,1-2H3,(H,20,23). The number of amides is 1. The third kappa shape index (κ3) is 3.52. The Kier molecular flexibility index (Phi) is 4.52. The molecule has 0 aliphatic carbocycles. The minimum Gasteiger partial charge on any atom is -0.361 e. The number of hydrogen-bond donors (Lipinski definition) is 2. The predicted octanol–water partition coefficient (Wildman–Crippen LogP) is 3.67. The van der Waals surface area contributed by atoms with Crippen molar-refractivity contribution < 1.29 is 9.72 Å². The summed E-state index contributed by atoms with van der Waals surface area (Å²) in [6, 6.07) is 10.6. The first kappa shape index (κ1) is 16.7. The van der Waals surface area contributed by atoms with E-state index in [1.807, 2.05) is 12.3 Å². The highest BCUT2D eigenvalue weighted by atomic mass is 16.6. The summed E-state index contributed by atoms with van der Waals surface area (Å²) in [4.78, 5) is 25.9. The molecular weight excluding hydrogens is 318 g/mol. The number of aryl methyl sites for hydroxylation is 2. The van der Waals surface area contributed by atoms with Gasteiger partial charge in [0.15, 0.2) is 0 Å². The van der Waals surface area contributed by atoms with E-state index >= 15 is 0 Å². The number of hydrogen-bond acceptors (Lipinski definition) is 3. The molecule has 0 aliphatic rings. The summed E-state index contributed by atoms with van der Waals surface area (Å²) in [5.74, 6) is -0.228. The number of fused-ring (bicyclic) bond motifs is 1. The SMILES string of the molecule is Cc1ccc2[nH]cc(CCNC(=O)c3ccc([N+](=O)[O-])c(C)c3)c2c1. The Morgan fingerprint density at radius 1 is 1.20 bits per heavy atom. The van der Waals surface area contributed by atoms with E-state index in [0.717, 1.165) is 11.1 Å². The number of nitrogens with one attached hydrogen (secondary N) is 2. The number of carbonyl (C=O) groups excluding carboxylic acids is 1. The molecule has 1 amide bonds. The molecule has 3 aromatic rings. The number of nitro benzene ring substituents is 1. The minimum absolute atomic E-state index is 0.0192.